The second-order valence-corrected chi connectivity index (χ2v) is 8.43. The molecule has 0 aliphatic carbocycles. The average Bonchev–Trinajstić information content (AvgIpc) is 3.21. The number of nitrogens with one attached hydrogen (secondary N) is 1. The van der Waals surface area contributed by atoms with Crippen LogP contribution in [0.15, 0.2) is 66.7 Å². The molecule has 1 N–H and O–H groups in total. The minimum absolute atomic E-state index is 0.0685. The second-order valence-electron chi connectivity index (χ2n) is 7.15. The number of hydrogen-bond acceptors (Lipinski definition) is 4. The third-order valence-electron chi connectivity index (χ3n) is 4.91. The van der Waals surface area contributed by atoms with Crippen molar-refractivity contribution >= 4 is 40.7 Å². The third-order valence-corrected chi connectivity index (χ3v) is 5.71. The molecular formula is C24H19Cl3N4O2. The number of rotatable bonds is 7. The van der Waals surface area contributed by atoms with Crippen LogP contribution in [0.5, 0.6) is 5.75 Å². The molecule has 33 heavy (non-hydrogen) atoms. The van der Waals surface area contributed by atoms with Gasteiger partial charge in [0.2, 0.25) is 5.91 Å². The Morgan fingerprint density at radius 3 is 2.36 bits per heavy atom. The molecule has 0 saturated carbocycles. The van der Waals surface area contributed by atoms with Gasteiger partial charge in [-0.05, 0) is 36.4 Å². The third kappa shape index (κ3) is 5.47. The van der Waals surface area contributed by atoms with E-state index in [2.05, 4.69) is 15.5 Å². The van der Waals surface area contributed by atoms with Gasteiger partial charge < -0.3 is 10.1 Å². The van der Waals surface area contributed by atoms with Crippen molar-refractivity contribution in [1.29, 1.82) is 0 Å². The highest BCUT2D eigenvalue weighted by Crippen LogP contribution is 2.35. The molecule has 0 saturated heterocycles. The molecule has 0 aliphatic heterocycles. The molecule has 3 aromatic carbocycles. The Hall–Kier alpha value is -3.06. The van der Waals surface area contributed by atoms with Crippen molar-refractivity contribution in [3.8, 4) is 28.3 Å². The van der Waals surface area contributed by atoms with Gasteiger partial charge in [-0.3, -0.25) is 4.79 Å². The number of methoxy groups -OCH3 is 1. The number of nitrogens with zero attached hydrogens (tertiary/aromatic N) is 3. The lowest BCUT2D eigenvalue weighted by Gasteiger charge is -2.09. The lowest BCUT2D eigenvalue weighted by Crippen LogP contribution is -2.28. The van der Waals surface area contributed by atoms with Gasteiger partial charge in [-0.2, -0.15) is 15.0 Å². The van der Waals surface area contributed by atoms with Crippen molar-refractivity contribution in [3.63, 3.8) is 0 Å². The van der Waals surface area contributed by atoms with Crippen molar-refractivity contribution < 1.29 is 9.53 Å². The lowest BCUT2D eigenvalue weighted by atomic mass is 10.1. The molecule has 0 unspecified atom stereocenters. The fourth-order valence-corrected chi connectivity index (χ4v) is 3.93. The zero-order valence-electron chi connectivity index (χ0n) is 17.6. The van der Waals surface area contributed by atoms with E-state index in [4.69, 9.17) is 39.5 Å². The fraction of sp³-hybridized carbons (Fsp3) is 0.125. The smallest absolute Gasteiger partial charge is 0.243 e. The first kappa shape index (κ1) is 23.1. The van der Waals surface area contributed by atoms with Crippen LogP contribution in [0, 0.1) is 0 Å². The van der Waals surface area contributed by atoms with Crippen LogP contribution < -0.4 is 10.1 Å². The molecule has 168 valence electrons. The molecule has 4 rings (SSSR count). The van der Waals surface area contributed by atoms with E-state index in [1.54, 1.807) is 37.4 Å². The summed E-state index contributed by atoms with van der Waals surface area (Å²) in [4.78, 5) is 14.0. The molecule has 0 atom stereocenters. The van der Waals surface area contributed by atoms with Gasteiger partial charge in [-0.25, -0.2) is 0 Å². The van der Waals surface area contributed by atoms with Crippen molar-refractivity contribution in [2.24, 2.45) is 0 Å². The highest BCUT2D eigenvalue weighted by atomic mass is 35.5. The summed E-state index contributed by atoms with van der Waals surface area (Å²) in [5, 5.41) is 13.6. The number of carbonyl (C=O) groups is 1. The maximum Gasteiger partial charge on any atom is 0.243 e. The minimum Gasteiger partial charge on any atom is -0.496 e. The summed E-state index contributed by atoms with van der Waals surface area (Å²) in [6.45, 7) is 0.255. The fourth-order valence-electron chi connectivity index (χ4n) is 3.31. The first-order valence-electron chi connectivity index (χ1n) is 9.99. The maximum absolute atomic E-state index is 12.6. The Balaban J connectivity index is 1.61. The largest absolute Gasteiger partial charge is 0.496 e. The summed E-state index contributed by atoms with van der Waals surface area (Å²) in [5.74, 6) is 0.465. The molecular weight excluding hydrogens is 483 g/mol. The molecule has 1 heterocycles. The molecule has 9 heteroatoms. The van der Waals surface area contributed by atoms with Crippen LogP contribution in [0.25, 0.3) is 22.5 Å². The number of halogens is 3. The Kier molecular flexibility index (Phi) is 7.18. The summed E-state index contributed by atoms with van der Waals surface area (Å²) in [6, 6.07) is 19.9. The van der Waals surface area contributed by atoms with Gasteiger partial charge in [0.15, 0.2) is 0 Å². The van der Waals surface area contributed by atoms with Gasteiger partial charge in [0.05, 0.1) is 12.1 Å². The van der Waals surface area contributed by atoms with E-state index in [1.165, 1.54) is 4.80 Å². The summed E-state index contributed by atoms with van der Waals surface area (Å²) in [6.07, 6.45) is 0. The quantitative estimate of drug-likeness (QED) is 0.342. The summed E-state index contributed by atoms with van der Waals surface area (Å²) in [5.41, 5.74) is 3.44. The predicted octanol–water partition coefficient (Wildman–Crippen LogP) is 5.90. The van der Waals surface area contributed by atoms with Crippen LogP contribution in [-0.2, 0) is 17.9 Å². The van der Waals surface area contributed by atoms with Gasteiger partial charge in [-0.15, -0.1) is 0 Å². The first-order valence-corrected chi connectivity index (χ1v) is 11.1. The molecule has 6 nitrogen and oxygen atoms in total. The normalized spacial score (nSPS) is 10.8. The Morgan fingerprint density at radius 2 is 1.64 bits per heavy atom. The second kappa shape index (κ2) is 10.3. The van der Waals surface area contributed by atoms with Crippen LogP contribution in [0.1, 0.15) is 5.56 Å². The van der Waals surface area contributed by atoms with Gasteiger partial charge in [0.1, 0.15) is 23.7 Å². The summed E-state index contributed by atoms with van der Waals surface area (Å²) < 4.78 is 5.33. The first-order chi connectivity index (χ1) is 15.9. The number of aromatic nitrogens is 3. The van der Waals surface area contributed by atoms with Crippen molar-refractivity contribution in [1.82, 2.24) is 20.3 Å². The lowest BCUT2D eigenvalue weighted by molar-refractivity contribution is -0.122. The van der Waals surface area contributed by atoms with Crippen LogP contribution in [0.3, 0.4) is 0 Å². The van der Waals surface area contributed by atoms with Crippen molar-refractivity contribution in [2.75, 3.05) is 7.11 Å². The molecule has 1 aromatic heterocycles. The van der Waals surface area contributed by atoms with Crippen LogP contribution in [0.2, 0.25) is 15.1 Å². The summed E-state index contributed by atoms with van der Waals surface area (Å²) in [7, 11) is 1.59. The van der Waals surface area contributed by atoms with Crippen molar-refractivity contribution in [2.45, 2.75) is 13.1 Å². The van der Waals surface area contributed by atoms with Crippen LogP contribution in [0.4, 0.5) is 0 Å². The number of para-hydroxylation sites is 1. The molecule has 0 radical (unpaired) electrons. The Morgan fingerprint density at radius 1 is 0.939 bits per heavy atom. The van der Waals surface area contributed by atoms with Crippen LogP contribution in [-0.4, -0.2) is 28.0 Å². The standard InChI is InChI=1S/C24H19Cl3N4O2/c1-33-21-5-3-2-4-16(21)13-28-22(32)14-31-29-23(15-6-8-17(25)9-7-15)24(30-31)19-11-10-18(26)12-20(19)27/h2-12H,13-14H2,1H3,(H,28,32). The molecule has 0 fully saturated rings. The maximum atomic E-state index is 12.6. The van der Waals surface area contributed by atoms with E-state index in [0.29, 0.717) is 44.3 Å². The molecule has 0 aliphatic rings. The number of benzene rings is 3. The van der Waals surface area contributed by atoms with Gasteiger partial charge >= 0.3 is 0 Å². The molecule has 0 bridgehead atoms. The summed E-state index contributed by atoms with van der Waals surface area (Å²) >= 11 is 18.5. The monoisotopic (exact) mass is 500 g/mol. The van der Waals surface area contributed by atoms with E-state index in [-0.39, 0.29) is 12.5 Å². The average molecular weight is 502 g/mol. The van der Waals surface area contributed by atoms with E-state index in [9.17, 15) is 4.79 Å². The number of hydrogen-bond donors (Lipinski definition) is 1. The number of ether oxygens (including phenoxy) is 1. The molecule has 4 aromatic rings. The molecule has 1 amide bonds. The predicted molar refractivity (Wildman–Crippen MR) is 131 cm³/mol. The Bertz CT molecular complexity index is 1290. The van der Waals surface area contributed by atoms with Crippen LogP contribution >= 0.6 is 34.8 Å². The Labute approximate surface area is 206 Å². The topological polar surface area (TPSA) is 69.0 Å². The SMILES string of the molecule is COc1ccccc1CNC(=O)Cn1nc(-c2ccc(Cl)cc2)c(-c2ccc(Cl)cc2Cl)n1. The molecule has 0 spiro atoms. The highest BCUT2D eigenvalue weighted by Gasteiger charge is 2.19. The van der Waals surface area contributed by atoms with Crippen molar-refractivity contribution in [3.05, 3.63) is 87.4 Å². The minimum atomic E-state index is -0.243. The van der Waals surface area contributed by atoms with E-state index in [1.807, 2.05) is 36.4 Å². The van der Waals surface area contributed by atoms with Gasteiger partial charge in [-0.1, -0.05) is 65.1 Å². The zero-order valence-corrected chi connectivity index (χ0v) is 19.8. The van der Waals surface area contributed by atoms with E-state index >= 15 is 0 Å². The zero-order chi connectivity index (χ0) is 23.4. The van der Waals surface area contributed by atoms with E-state index < -0.39 is 0 Å². The highest BCUT2D eigenvalue weighted by molar-refractivity contribution is 6.36. The van der Waals surface area contributed by atoms with Gasteiger partial charge in [0.25, 0.3) is 0 Å². The van der Waals surface area contributed by atoms with Gasteiger partial charge in [0, 0.05) is 33.3 Å². The number of carbonyl (C=O) groups excluding carboxylic acids is 1. The van der Waals surface area contributed by atoms with E-state index in [0.717, 1.165) is 11.1 Å². The number of amides is 1.